The number of hydrogen-bond donors (Lipinski definition) is 1. The lowest BCUT2D eigenvalue weighted by Crippen LogP contribution is -2.22. The van der Waals surface area contributed by atoms with Gasteiger partial charge >= 0.3 is 0 Å². The maximum Gasteiger partial charge on any atom is 0.250 e. The second-order valence-electron chi connectivity index (χ2n) is 3.80. The van der Waals surface area contributed by atoms with E-state index in [-0.39, 0.29) is 5.56 Å². The van der Waals surface area contributed by atoms with Crippen LogP contribution in [0.2, 0.25) is 0 Å². The number of benzene rings is 1. The van der Waals surface area contributed by atoms with E-state index in [1.54, 1.807) is 12.3 Å². The molecule has 0 saturated heterocycles. The summed E-state index contributed by atoms with van der Waals surface area (Å²) in [5, 5.41) is 0. The van der Waals surface area contributed by atoms with Gasteiger partial charge in [-0.25, -0.2) is 0 Å². The van der Waals surface area contributed by atoms with E-state index in [0.29, 0.717) is 18.8 Å². The molecule has 0 aliphatic heterocycles. The van der Waals surface area contributed by atoms with Crippen LogP contribution >= 0.6 is 15.9 Å². The van der Waals surface area contributed by atoms with Crippen molar-refractivity contribution in [1.82, 2.24) is 4.57 Å². The van der Waals surface area contributed by atoms with Gasteiger partial charge in [-0.1, -0.05) is 15.9 Å². The van der Waals surface area contributed by atoms with Crippen LogP contribution in [0, 0.1) is 0 Å². The van der Waals surface area contributed by atoms with Crippen molar-refractivity contribution in [2.45, 2.75) is 6.54 Å². The summed E-state index contributed by atoms with van der Waals surface area (Å²) in [6, 6.07) is 10.6. The lowest BCUT2D eigenvalue weighted by Gasteiger charge is -2.08. The fraction of sp³-hybridized carbons (Fsp3) is 0.154. The first kappa shape index (κ1) is 12.7. The molecule has 0 fully saturated rings. The Kier molecular flexibility index (Phi) is 4.04. The maximum absolute atomic E-state index is 11.5. The highest BCUT2D eigenvalue weighted by Crippen LogP contribution is 2.15. The Morgan fingerprint density at radius 3 is 2.61 bits per heavy atom. The fourth-order valence-electron chi connectivity index (χ4n) is 1.52. The summed E-state index contributed by atoms with van der Waals surface area (Å²) in [5.74, 6) is 0.773. The minimum absolute atomic E-state index is 0.0800. The fourth-order valence-corrected chi connectivity index (χ4v) is 1.78. The van der Waals surface area contributed by atoms with Gasteiger partial charge in [0.25, 0.3) is 5.56 Å². The number of nitrogen functional groups attached to an aromatic ring is 1. The molecule has 1 heterocycles. The van der Waals surface area contributed by atoms with Crippen molar-refractivity contribution >= 4 is 21.6 Å². The van der Waals surface area contributed by atoms with Crippen LogP contribution in [0.5, 0.6) is 5.75 Å². The van der Waals surface area contributed by atoms with Gasteiger partial charge in [0.15, 0.2) is 0 Å². The van der Waals surface area contributed by atoms with E-state index in [0.717, 1.165) is 10.2 Å². The highest BCUT2D eigenvalue weighted by molar-refractivity contribution is 9.10. The van der Waals surface area contributed by atoms with Crippen molar-refractivity contribution in [3.05, 3.63) is 57.4 Å². The summed E-state index contributed by atoms with van der Waals surface area (Å²) in [7, 11) is 0. The second kappa shape index (κ2) is 5.73. The lowest BCUT2D eigenvalue weighted by molar-refractivity contribution is 0.296. The largest absolute Gasteiger partial charge is 0.492 e. The van der Waals surface area contributed by atoms with Gasteiger partial charge in [0, 0.05) is 22.4 Å². The summed E-state index contributed by atoms with van der Waals surface area (Å²) in [6.07, 6.45) is 1.62. The zero-order chi connectivity index (χ0) is 13.0. The number of halogens is 1. The smallest absolute Gasteiger partial charge is 0.250 e. The second-order valence-corrected chi connectivity index (χ2v) is 4.71. The van der Waals surface area contributed by atoms with Crippen molar-refractivity contribution in [3.8, 4) is 5.75 Å². The van der Waals surface area contributed by atoms with Gasteiger partial charge in [-0.15, -0.1) is 0 Å². The average molecular weight is 309 g/mol. The Labute approximate surface area is 113 Å². The molecule has 18 heavy (non-hydrogen) atoms. The highest BCUT2D eigenvalue weighted by atomic mass is 79.9. The van der Waals surface area contributed by atoms with Crippen molar-refractivity contribution in [2.75, 3.05) is 12.3 Å². The molecule has 0 spiro atoms. The van der Waals surface area contributed by atoms with Crippen molar-refractivity contribution < 1.29 is 4.74 Å². The van der Waals surface area contributed by atoms with E-state index in [1.807, 2.05) is 24.3 Å². The molecule has 0 unspecified atom stereocenters. The standard InChI is InChI=1S/C13H13BrN2O2/c14-10-1-4-12(5-2-10)18-8-7-16-9-11(15)3-6-13(16)17/h1-6,9H,7-8,15H2. The Morgan fingerprint density at radius 1 is 1.17 bits per heavy atom. The molecule has 0 amide bonds. The third-order valence-electron chi connectivity index (χ3n) is 2.42. The summed E-state index contributed by atoms with van der Waals surface area (Å²) >= 11 is 3.35. The SMILES string of the molecule is Nc1ccc(=O)n(CCOc2ccc(Br)cc2)c1. The molecule has 0 saturated carbocycles. The average Bonchev–Trinajstić information content (AvgIpc) is 2.36. The Balaban J connectivity index is 1.94. The van der Waals surface area contributed by atoms with Gasteiger partial charge in [0.1, 0.15) is 12.4 Å². The maximum atomic E-state index is 11.5. The number of nitrogens with two attached hydrogens (primary N) is 1. The van der Waals surface area contributed by atoms with Crippen molar-refractivity contribution in [1.29, 1.82) is 0 Å². The van der Waals surface area contributed by atoms with E-state index < -0.39 is 0 Å². The number of nitrogens with zero attached hydrogens (tertiary/aromatic N) is 1. The predicted molar refractivity (Wildman–Crippen MR) is 74.8 cm³/mol. The number of anilines is 1. The van der Waals surface area contributed by atoms with Crippen LogP contribution in [0.3, 0.4) is 0 Å². The molecule has 0 radical (unpaired) electrons. The zero-order valence-electron chi connectivity index (χ0n) is 9.67. The molecule has 4 nitrogen and oxygen atoms in total. The topological polar surface area (TPSA) is 57.2 Å². The van der Waals surface area contributed by atoms with Crippen LogP contribution in [0.1, 0.15) is 0 Å². The van der Waals surface area contributed by atoms with E-state index >= 15 is 0 Å². The zero-order valence-corrected chi connectivity index (χ0v) is 11.3. The molecule has 0 atom stereocenters. The van der Waals surface area contributed by atoms with Crippen LogP contribution in [0.15, 0.2) is 51.9 Å². The first-order valence-electron chi connectivity index (χ1n) is 5.49. The van der Waals surface area contributed by atoms with Gasteiger partial charge in [0.05, 0.1) is 6.54 Å². The number of aromatic nitrogens is 1. The number of pyridine rings is 1. The molecule has 2 rings (SSSR count). The molecule has 2 N–H and O–H groups in total. The third-order valence-corrected chi connectivity index (χ3v) is 2.95. The molecule has 1 aromatic carbocycles. The first-order chi connectivity index (χ1) is 8.65. The van der Waals surface area contributed by atoms with Gasteiger partial charge in [0.2, 0.25) is 0 Å². The molecule has 94 valence electrons. The summed E-state index contributed by atoms with van der Waals surface area (Å²) < 4.78 is 8.08. The molecule has 0 aliphatic carbocycles. The van der Waals surface area contributed by atoms with Gasteiger partial charge < -0.3 is 15.0 Å². The summed E-state index contributed by atoms with van der Waals surface area (Å²) in [5.41, 5.74) is 6.11. The number of rotatable bonds is 4. The normalized spacial score (nSPS) is 10.3. The van der Waals surface area contributed by atoms with E-state index in [1.165, 1.54) is 10.6 Å². The third kappa shape index (κ3) is 3.37. The number of ether oxygens (including phenoxy) is 1. The monoisotopic (exact) mass is 308 g/mol. The van der Waals surface area contributed by atoms with E-state index in [9.17, 15) is 4.79 Å². The van der Waals surface area contributed by atoms with Crippen LogP contribution in [0.4, 0.5) is 5.69 Å². The van der Waals surface area contributed by atoms with Crippen molar-refractivity contribution in [2.24, 2.45) is 0 Å². The van der Waals surface area contributed by atoms with Crippen LogP contribution in [-0.2, 0) is 6.54 Å². The molecular formula is C13H13BrN2O2. The quantitative estimate of drug-likeness (QED) is 0.942. The Bertz CT molecular complexity index is 578. The first-order valence-corrected chi connectivity index (χ1v) is 6.29. The Hall–Kier alpha value is -1.75. The molecular weight excluding hydrogens is 296 g/mol. The molecule has 2 aromatic rings. The molecule has 0 aliphatic rings. The van der Waals surface area contributed by atoms with Crippen LogP contribution < -0.4 is 16.0 Å². The van der Waals surface area contributed by atoms with E-state index in [4.69, 9.17) is 10.5 Å². The van der Waals surface area contributed by atoms with E-state index in [2.05, 4.69) is 15.9 Å². The lowest BCUT2D eigenvalue weighted by atomic mass is 10.3. The predicted octanol–water partition coefficient (Wildman–Crippen LogP) is 2.27. The van der Waals surface area contributed by atoms with Gasteiger partial charge in [-0.3, -0.25) is 4.79 Å². The summed E-state index contributed by atoms with van der Waals surface area (Å²) in [4.78, 5) is 11.5. The highest BCUT2D eigenvalue weighted by Gasteiger charge is 1.98. The summed E-state index contributed by atoms with van der Waals surface area (Å²) in [6.45, 7) is 0.894. The van der Waals surface area contributed by atoms with Gasteiger partial charge in [-0.2, -0.15) is 0 Å². The molecule has 1 aromatic heterocycles. The molecule has 0 bridgehead atoms. The minimum atomic E-state index is -0.0800. The van der Waals surface area contributed by atoms with Crippen molar-refractivity contribution in [3.63, 3.8) is 0 Å². The van der Waals surface area contributed by atoms with Gasteiger partial charge in [-0.05, 0) is 30.3 Å². The minimum Gasteiger partial charge on any atom is -0.492 e. The molecule has 5 heteroatoms. The van der Waals surface area contributed by atoms with Crippen LogP contribution in [0.25, 0.3) is 0 Å². The van der Waals surface area contributed by atoms with Crippen LogP contribution in [-0.4, -0.2) is 11.2 Å². The Morgan fingerprint density at radius 2 is 1.89 bits per heavy atom. The number of hydrogen-bond acceptors (Lipinski definition) is 3.